The molecule has 1 N–H and O–H groups in total. The number of piperidine rings is 1. The summed E-state index contributed by atoms with van der Waals surface area (Å²) >= 11 is 0. The van der Waals surface area contributed by atoms with Crippen LogP contribution in [-0.4, -0.2) is 70.4 Å². The van der Waals surface area contributed by atoms with Crippen molar-refractivity contribution in [3.8, 4) is 11.8 Å². The molecule has 3 rings (SSSR count). The van der Waals surface area contributed by atoms with Crippen molar-refractivity contribution in [2.75, 3.05) is 25.4 Å². The summed E-state index contributed by atoms with van der Waals surface area (Å²) in [6.45, 7) is 0.449. The zero-order valence-electron chi connectivity index (χ0n) is 18.2. The summed E-state index contributed by atoms with van der Waals surface area (Å²) in [7, 11) is -3.86. The molecule has 0 atom stereocenters. The second-order valence-electron chi connectivity index (χ2n) is 7.72. The molecule has 1 amide bonds. The maximum atomic E-state index is 12.6. The van der Waals surface area contributed by atoms with Gasteiger partial charge in [-0.25, -0.2) is 27.8 Å². The van der Waals surface area contributed by atoms with Gasteiger partial charge in [0, 0.05) is 38.4 Å². The number of para-hydroxylation sites is 1. The molecule has 1 aliphatic rings. The number of benzene rings is 1. The molecule has 1 fully saturated rings. The number of carbonyl (C=O) groups excluding carboxylic acids is 1. The lowest BCUT2D eigenvalue weighted by atomic mass is 10.1. The molecule has 1 aliphatic heterocycles. The van der Waals surface area contributed by atoms with Gasteiger partial charge < -0.3 is 4.74 Å². The Balaban J connectivity index is 1.41. The Morgan fingerprint density at radius 1 is 1.18 bits per heavy atom. The molecule has 1 aromatic heterocycles. The predicted molar refractivity (Wildman–Crippen MR) is 119 cm³/mol. The minimum Gasteiger partial charge on any atom is -0.489 e. The third-order valence-corrected chi connectivity index (χ3v) is 7.09. The first-order valence-corrected chi connectivity index (χ1v) is 12.4. The molecule has 33 heavy (non-hydrogen) atoms. The molecule has 1 saturated heterocycles. The molecule has 2 heterocycles. The molecular weight excluding hydrogens is 446 g/mol. The second-order valence-corrected chi connectivity index (χ2v) is 9.69. The molecule has 0 saturated carbocycles. The van der Waals surface area contributed by atoms with Gasteiger partial charge in [0.05, 0.1) is 5.56 Å². The molecule has 176 valence electrons. The number of aromatic nitrogens is 2. The average molecular weight is 474 g/mol. The van der Waals surface area contributed by atoms with E-state index in [1.165, 1.54) is 4.31 Å². The molecular formula is C22H27N5O5S. The van der Waals surface area contributed by atoms with Crippen LogP contribution >= 0.6 is 0 Å². The van der Waals surface area contributed by atoms with Crippen LogP contribution < -0.4 is 4.74 Å². The van der Waals surface area contributed by atoms with E-state index in [0.29, 0.717) is 54.3 Å². The van der Waals surface area contributed by atoms with Gasteiger partial charge >= 0.3 is 0 Å². The monoisotopic (exact) mass is 473 g/mol. The quantitative estimate of drug-likeness (QED) is 0.313. The van der Waals surface area contributed by atoms with Crippen molar-refractivity contribution in [3.63, 3.8) is 0 Å². The molecule has 0 spiro atoms. The van der Waals surface area contributed by atoms with E-state index >= 15 is 0 Å². The zero-order valence-corrected chi connectivity index (χ0v) is 19.0. The Morgan fingerprint density at radius 2 is 1.88 bits per heavy atom. The molecule has 0 radical (unpaired) electrons. The van der Waals surface area contributed by atoms with E-state index in [1.54, 1.807) is 42.7 Å². The van der Waals surface area contributed by atoms with Crippen LogP contribution in [-0.2, 0) is 21.2 Å². The molecule has 1 aromatic carbocycles. The van der Waals surface area contributed by atoms with E-state index in [4.69, 9.17) is 10.00 Å². The van der Waals surface area contributed by atoms with Gasteiger partial charge in [0.1, 0.15) is 29.5 Å². The summed E-state index contributed by atoms with van der Waals surface area (Å²) in [6, 6.07) is 10.7. The number of carbonyl (C=O) groups is 1. The minimum atomic E-state index is -3.86. The smallest absolute Gasteiger partial charge is 0.262 e. The van der Waals surface area contributed by atoms with Crippen molar-refractivity contribution >= 4 is 15.9 Å². The van der Waals surface area contributed by atoms with E-state index in [1.807, 2.05) is 0 Å². The van der Waals surface area contributed by atoms with Gasteiger partial charge in [0.25, 0.3) is 5.91 Å². The molecule has 11 heteroatoms. The first kappa shape index (κ1) is 24.6. The Bertz CT molecular complexity index is 1070. The number of ether oxygens (including phenoxy) is 1. The number of rotatable bonds is 10. The summed E-state index contributed by atoms with van der Waals surface area (Å²) in [6.07, 6.45) is 5.72. The van der Waals surface area contributed by atoms with Crippen LogP contribution in [0.25, 0.3) is 0 Å². The lowest BCUT2D eigenvalue weighted by Gasteiger charge is -2.31. The highest BCUT2D eigenvalue weighted by molar-refractivity contribution is 7.89. The second kappa shape index (κ2) is 11.7. The van der Waals surface area contributed by atoms with Gasteiger partial charge in [0.2, 0.25) is 10.0 Å². The first-order valence-electron chi connectivity index (χ1n) is 10.8. The van der Waals surface area contributed by atoms with E-state index in [2.05, 4.69) is 16.0 Å². The Kier molecular flexibility index (Phi) is 8.71. The number of nitriles is 1. The summed E-state index contributed by atoms with van der Waals surface area (Å²) in [5, 5.41) is 19.6. The van der Waals surface area contributed by atoms with Crippen LogP contribution in [0.3, 0.4) is 0 Å². The van der Waals surface area contributed by atoms with Gasteiger partial charge in [-0.05, 0) is 43.9 Å². The van der Waals surface area contributed by atoms with Gasteiger partial charge in [-0.1, -0.05) is 12.1 Å². The van der Waals surface area contributed by atoms with Gasteiger partial charge in [-0.15, -0.1) is 0 Å². The fraction of sp³-hybridized carbons (Fsp3) is 0.455. The van der Waals surface area contributed by atoms with Crippen LogP contribution in [0.4, 0.5) is 0 Å². The Labute approximate surface area is 193 Å². The van der Waals surface area contributed by atoms with E-state index in [-0.39, 0.29) is 25.7 Å². The van der Waals surface area contributed by atoms with Crippen molar-refractivity contribution < 1.29 is 23.2 Å². The lowest BCUT2D eigenvalue weighted by molar-refractivity contribution is -0.162. The number of hydrogen-bond acceptors (Lipinski definition) is 8. The normalized spacial score (nSPS) is 15.0. The summed E-state index contributed by atoms with van der Waals surface area (Å²) in [5.74, 6) is -0.480. The number of hydrogen-bond donors (Lipinski definition) is 1. The average Bonchev–Trinajstić information content (AvgIpc) is 2.83. The SMILES string of the molecule is N#Cc1ccccc1OC1CCN(S(=O)(=O)CC(=O)N(O)CCCCc2ncccn2)CC1. The Morgan fingerprint density at radius 3 is 2.58 bits per heavy atom. The highest BCUT2D eigenvalue weighted by atomic mass is 32.2. The van der Waals surface area contributed by atoms with Crippen molar-refractivity contribution in [3.05, 3.63) is 54.1 Å². The minimum absolute atomic E-state index is 0.0371. The lowest BCUT2D eigenvalue weighted by Crippen LogP contribution is -2.45. The number of aryl methyl sites for hydroxylation is 1. The molecule has 0 unspecified atom stereocenters. The van der Waals surface area contributed by atoms with Crippen LogP contribution in [0.2, 0.25) is 0 Å². The van der Waals surface area contributed by atoms with Crippen LogP contribution in [0.5, 0.6) is 5.75 Å². The van der Waals surface area contributed by atoms with Gasteiger partial charge in [-0.3, -0.25) is 10.0 Å². The predicted octanol–water partition coefficient (Wildman–Crippen LogP) is 1.76. The number of hydroxylamine groups is 2. The van der Waals surface area contributed by atoms with Crippen molar-refractivity contribution in [1.29, 1.82) is 5.26 Å². The fourth-order valence-electron chi connectivity index (χ4n) is 3.52. The van der Waals surface area contributed by atoms with Gasteiger partial charge in [-0.2, -0.15) is 5.26 Å². The number of amides is 1. The molecule has 0 aliphatic carbocycles. The topological polar surface area (TPSA) is 137 Å². The van der Waals surface area contributed by atoms with E-state index in [0.717, 1.165) is 0 Å². The number of sulfonamides is 1. The first-order chi connectivity index (χ1) is 15.9. The van der Waals surface area contributed by atoms with Crippen LogP contribution in [0, 0.1) is 11.3 Å². The Hall–Kier alpha value is -3.07. The van der Waals surface area contributed by atoms with E-state index < -0.39 is 21.7 Å². The number of unbranched alkanes of at least 4 members (excludes halogenated alkanes) is 1. The summed E-state index contributed by atoms with van der Waals surface area (Å²) < 4.78 is 32.4. The van der Waals surface area contributed by atoms with Crippen molar-refractivity contribution in [2.24, 2.45) is 0 Å². The maximum absolute atomic E-state index is 12.6. The van der Waals surface area contributed by atoms with E-state index in [9.17, 15) is 18.4 Å². The highest BCUT2D eigenvalue weighted by Crippen LogP contribution is 2.23. The summed E-state index contributed by atoms with van der Waals surface area (Å²) in [5.41, 5.74) is 0.428. The van der Waals surface area contributed by atoms with Gasteiger partial charge in [0.15, 0.2) is 0 Å². The maximum Gasteiger partial charge on any atom is 0.262 e. The van der Waals surface area contributed by atoms with Crippen LogP contribution in [0.1, 0.15) is 37.1 Å². The summed E-state index contributed by atoms with van der Waals surface area (Å²) in [4.78, 5) is 20.4. The van der Waals surface area contributed by atoms with Crippen molar-refractivity contribution in [2.45, 2.75) is 38.2 Å². The fourth-order valence-corrected chi connectivity index (χ4v) is 4.93. The molecule has 2 aromatic rings. The molecule has 10 nitrogen and oxygen atoms in total. The highest BCUT2D eigenvalue weighted by Gasteiger charge is 2.32. The van der Waals surface area contributed by atoms with Crippen LogP contribution in [0.15, 0.2) is 42.7 Å². The largest absolute Gasteiger partial charge is 0.489 e. The van der Waals surface area contributed by atoms with Crippen molar-refractivity contribution in [1.82, 2.24) is 19.3 Å². The number of nitrogens with zero attached hydrogens (tertiary/aromatic N) is 5. The third kappa shape index (κ3) is 7.21. The third-order valence-electron chi connectivity index (χ3n) is 5.33. The zero-order chi connectivity index (χ0) is 23.7. The standard InChI is InChI=1S/C22H27N5O5S/c23-16-18-6-1-2-7-20(18)32-19-9-14-26(15-10-19)33(30,31)17-22(28)27(29)13-4-3-8-21-24-11-5-12-25-21/h1-2,5-7,11-12,19,29H,3-4,8-10,13-15,17H2. The molecule has 0 bridgehead atoms.